The minimum atomic E-state index is -0.531. The van der Waals surface area contributed by atoms with Gasteiger partial charge in [0.15, 0.2) is 0 Å². The van der Waals surface area contributed by atoms with Crippen molar-refractivity contribution in [3.8, 4) is 0 Å². The molecule has 4 nitrogen and oxygen atoms in total. The molecule has 0 heterocycles. The fraction of sp³-hybridized carbons (Fsp3) is 0.333. The van der Waals surface area contributed by atoms with E-state index in [0.29, 0.717) is 12.0 Å². The van der Waals surface area contributed by atoms with Crippen molar-refractivity contribution in [3.05, 3.63) is 39.7 Å². The number of nitro groups is 1. The van der Waals surface area contributed by atoms with Gasteiger partial charge >= 0.3 is 0 Å². The van der Waals surface area contributed by atoms with Crippen LogP contribution >= 0.6 is 0 Å². The highest BCUT2D eigenvalue weighted by Gasteiger charge is 2.14. The van der Waals surface area contributed by atoms with Gasteiger partial charge in [0.05, 0.1) is 4.92 Å². The maximum absolute atomic E-state index is 12.8. The average Bonchev–Trinajstić information content (AvgIpc) is 2.01. The third-order valence-electron chi connectivity index (χ3n) is 1.78. The molecule has 0 aliphatic rings. The highest BCUT2D eigenvalue weighted by molar-refractivity contribution is 5.40. The molecule has 0 aromatic heterocycles. The Morgan fingerprint density at radius 3 is 2.79 bits per heavy atom. The third kappa shape index (κ3) is 2.50. The van der Waals surface area contributed by atoms with Crippen molar-refractivity contribution in [2.24, 2.45) is 5.73 Å². The van der Waals surface area contributed by atoms with Crippen LogP contribution in [-0.2, 0) is 6.42 Å². The summed E-state index contributed by atoms with van der Waals surface area (Å²) in [7, 11) is 0. The summed E-state index contributed by atoms with van der Waals surface area (Å²) in [6.45, 7) is 1.72. The second-order valence-corrected chi connectivity index (χ2v) is 3.21. The van der Waals surface area contributed by atoms with Crippen LogP contribution in [0.15, 0.2) is 18.2 Å². The lowest BCUT2D eigenvalue weighted by Gasteiger charge is -2.05. The van der Waals surface area contributed by atoms with Gasteiger partial charge in [0.2, 0.25) is 0 Å². The van der Waals surface area contributed by atoms with Gasteiger partial charge in [0.25, 0.3) is 5.69 Å². The normalized spacial score (nSPS) is 12.5. The van der Waals surface area contributed by atoms with Gasteiger partial charge in [-0.2, -0.15) is 0 Å². The molecule has 76 valence electrons. The Hall–Kier alpha value is -1.49. The zero-order valence-electron chi connectivity index (χ0n) is 7.74. The number of hydrogen-bond donors (Lipinski definition) is 1. The van der Waals surface area contributed by atoms with Crippen LogP contribution in [0.4, 0.5) is 10.1 Å². The number of hydrogen-bond acceptors (Lipinski definition) is 3. The summed E-state index contributed by atoms with van der Waals surface area (Å²) in [4.78, 5) is 10.0. The Kier molecular flexibility index (Phi) is 3.14. The van der Waals surface area contributed by atoms with Gasteiger partial charge in [-0.25, -0.2) is 4.39 Å². The lowest BCUT2D eigenvalue weighted by atomic mass is 10.1. The molecule has 0 spiro atoms. The van der Waals surface area contributed by atoms with Crippen LogP contribution in [0.3, 0.4) is 0 Å². The third-order valence-corrected chi connectivity index (χ3v) is 1.78. The zero-order chi connectivity index (χ0) is 10.7. The molecule has 0 fully saturated rings. The molecule has 1 aromatic carbocycles. The molecule has 0 radical (unpaired) electrons. The van der Waals surface area contributed by atoms with Crippen molar-refractivity contribution in [2.75, 3.05) is 0 Å². The van der Waals surface area contributed by atoms with Gasteiger partial charge in [-0.15, -0.1) is 0 Å². The van der Waals surface area contributed by atoms with Crippen LogP contribution < -0.4 is 5.73 Å². The maximum atomic E-state index is 12.8. The smallest absolute Gasteiger partial charge is 0.272 e. The minimum Gasteiger partial charge on any atom is -0.328 e. The molecular weight excluding hydrogens is 187 g/mol. The van der Waals surface area contributed by atoms with E-state index in [-0.39, 0.29) is 11.7 Å². The molecule has 0 bridgehead atoms. The average molecular weight is 198 g/mol. The molecule has 0 aliphatic carbocycles. The van der Waals surface area contributed by atoms with Gasteiger partial charge in [-0.1, -0.05) is 0 Å². The molecule has 1 atom stereocenters. The highest BCUT2D eigenvalue weighted by atomic mass is 19.1. The van der Waals surface area contributed by atoms with Crippen LogP contribution in [0.1, 0.15) is 12.5 Å². The van der Waals surface area contributed by atoms with Crippen molar-refractivity contribution < 1.29 is 9.31 Å². The summed E-state index contributed by atoms with van der Waals surface area (Å²) in [6, 6.07) is 3.16. The molecule has 0 aliphatic heterocycles. The first-order chi connectivity index (χ1) is 6.50. The van der Waals surface area contributed by atoms with Gasteiger partial charge < -0.3 is 5.73 Å². The molecule has 1 aromatic rings. The number of nitrogens with two attached hydrogens (primary N) is 1. The van der Waals surface area contributed by atoms with Crippen LogP contribution in [0.5, 0.6) is 0 Å². The summed E-state index contributed by atoms with van der Waals surface area (Å²) in [5.41, 5.74) is 5.76. The van der Waals surface area contributed by atoms with E-state index in [1.807, 2.05) is 0 Å². The lowest BCUT2D eigenvalue weighted by molar-refractivity contribution is -0.385. The van der Waals surface area contributed by atoms with Gasteiger partial charge in [-0.05, 0) is 25.5 Å². The van der Waals surface area contributed by atoms with Gasteiger partial charge in [-0.3, -0.25) is 10.1 Å². The monoisotopic (exact) mass is 198 g/mol. The molecule has 0 saturated heterocycles. The Bertz CT molecular complexity index is 353. The number of nitro benzene ring substituents is 1. The fourth-order valence-electron chi connectivity index (χ4n) is 1.24. The van der Waals surface area contributed by atoms with Crippen molar-refractivity contribution >= 4 is 5.69 Å². The van der Waals surface area contributed by atoms with Crippen LogP contribution in [-0.4, -0.2) is 11.0 Å². The lowest BCUT2D eigenvalue weighted by Crippen LogP contribution is -2.18. The van der Waals surface area contributed by atoms with E-state index in [2.05, 4.69) is 0 Å². The molecule has 0 unspecified atom stereocenters. The summed E-state index contributed by atoms with van der Waals surface area (Å²) in [5, 5.41) is 10.6. The Balaban J connectivity index is 3.09. The predicted molar refractivity (Wildman–Crippen MR) is 50.4 cm³/mol. The van der Waals surface area contributed by atoms with Crippen LogP contribution in [0, 0.1) is 15.9 Å². The van der Waals surface area contributed by atoms with E-state index in [1.165, 1.54) is 0 Å². The van der Waals surface area contributed by atoms with Crippen LogP contribution in [0.2, 0.25) is 0 Å². The van der Waals surface area contributed by atoms with E-state index in [4.69, 9.17) is 5.73 Å². The molecule has 14 heavy (non-hydrogen) atoms. The second kappa shape index (κ2) is 4.15. The largest absolute Gasteiger partial charge is 0.328 e. The van der Waals surface area contributed by atoms with Crippen molar-refractivity contribution in [1.82, 2.24) is 0 Å². The first-order valence-corrected chi connectivity index (χ1v) is 4.19. The first kappa shape index (κ1) is 10.6. The van der Waals surface area contributed by atoms with Crippen LogP contribution in [0.25, 0.3) is 0 Å². The minimum absolute atomic E-state index is 0.0799. The topological polar surface area (TPSA) is 69.2 Å². The fourth-order valence-corrected chi connectivity index (χ4v) is 1.24. The zero-order valence-corrected chi connectivity index (χ0v) is 7.74. The van der Waals surface area contributed by atoms with Gasteiger partial charge in [0, 0.05) is 17.7 Å². The molecule has 2 N–H and O–H groups in total. The number of rotatable bonds is 3. The van der Waals surface area contributed by atoms with E-state index < -0.39 is 10.7 Å². The molecule has 0 saturated carbocycles. The molecule has 1 rings (SSSR count). The molecular formula is C9H11FN2O2. The van der Waals surface area contributed by atoms with E-state index >= 15 is 0 Å². The van der Waals surface area contributed by atoms with E-state index in [9.17, 15) is 14.5 Å². The van der Waals surface area contributed by atoms with Gasteiger partial charge in [0.1, 0.15) is 5.82 Å². The van der Waals surface area contributed by atoms with Crippen molar-refractivity contribution in [2.45, 2.75) is 19.4 Å². The predicted octanol–water partition coefficient (Wildman–Crippen LogP) is 1.62. The quantitative estimate of drug-likeness (QED) is 0.592. The second-order valence-electron chi connectivity index (χ2n) is 3.21. The van der Waals surface area contributed by atoms with E-state index in [0.717, 1.165) is 18.2 Å². The molecule has 0 amide bonds. The first-order valence-electron chi connectivity index (χ1n) is 4.19. The molecule has 5 heteroatoms. The standard InChI is InChI=1S/C9H11FN2O2/c1-6(11)4-7-5-8(10)2-3-9(7)12(13)14/h2-3,5-6H,4,11H2,1H3/t6-/m1/s1. The number of benzene rings is 1. The Morgan fingerprint density at radius 2 is 2.29 bits per heavy atom. The summed E-state index contributed by atoms with van der Waals surface area (Å²) >= 11 is 0. The summed E-state index contributed by atoms with van der Waals surface area (Å²) in [5.74, 6) is -0.480. The SMILES string of the molecule is C[C@@H](N)Cc1cc(F)ccc1[N+](=O)[O-]. The van der Waals surface area contributed by atoms with E-state index in [1.54, 1.807) is 6.92 Å². The summed E-state index contributed by atoms with van der Waals surface area (Å²) in [6.07, 6.45) is 0.300. The maximum Gasteiger partial charge on any atom is 0.272 e. The highest BCUT2D eigenvalue weighted by Crippen LogP contribution is 2.20. The van der Waals surface area contributed by atoms with Crippen molar-refractivity contribution in [3.63, 3.8) is 0 Å². The Morgan fingerprint density at radius 1 is 1.64 bits per heavy atom. The Labute approximate surface area is 80.7 Å². The number of nitrogens with zero attached hydrogens (tertiary/aromatic N) is 1. The summed E-state index contributed by atoms with van der Waals surface area (Å²) < 4.78 is 12.8. The van der Waals surface area contributed by atoms with Crippen molar-refractivity contribution in [1.29, 1.82) is 0 Å². The number of halogens is 1.